The Labute approximate surface area is 161 Å². The van der Waals surface area contributed by atoms with Crippen molar-refractivity contribution in [2.45, 2.75) is 19.4 Å². The quantitative estimate of drug-likeness (QED) is 0.715. The van der Waals surface area contributed by atoms with Gasteiger partial charge >= 0.3 is 5.97 Å². The number of carboxylic acid groups (broad SMARTS) is 1. The molecule has 4 rings (SSSR count). The molecule has 9 heteroatoms. The minimum Gasteiger partial charge on any atom is -0.497 e. The second-order valence-corrected chi connectivity index (χ2v) is 9.11. The molecule has 1 fully saturated rings. The van der Waals surface area contributed by atoms with Gasteiger partial charge in [-0.1, -0.05) is 12.1 Å². The number of benzene rings is 1. The number of carbonyl (C=O) groups is 1. The first-order chi connectivity index (χ1) is 13.3. The molecule has 1 atom stereocenters. The SMILES string of the molecule is COc1cccc(-c2cc(C(=O)O)c3c(C)nn([C@H]4CCS(=O)(=O)C4)c3n2)c1. The van der Waals surface area contributed by atoms with Crippen LogP contribution in [0.3, 0.4) is 0 Å². The van der Waals surface area contributed by atoms with Crippen molar-refractivity contribution in [1.82, 2.24) is 14.8 Å². The zero-order valence-electron chi connectivity index (χ0n) is 15.4. The maximum Gasteiger partial charge on any atom is 0.336 e. The van der Waals surface area contributed by atoms with Crippen LogP contribution in [0.15, 0.2) is 30.3 Å². The van der Waals surface area contributed by atoms with Crippen molar-refractivity contribution >= 4 is 26.8 Å². The van der Waals surface area contributed by atoms with Crippen LogP contribution in [0.2, 0.25) is 0 Å². The number of aryl methyl sites for hydroxylation is 1. The van der Waals surface area contributed by atoms with Gasteiger partial charge in [0, 0.05) is 5.56 Å². The first-order valence-electron chi connectivity index (χ1n) is 8.77. The number of nitrogens with zero attached hydrogens (tertiary/aromatic N) is 3. The zero-order chi connectivity index (χ0) is 20.1. The van der Waals surface area contributed by atoms with Crippen molar-refractivity contribution in [1.29, 1.82) is 0 Å². The first kappa shape index (κ1) is 18.4. The molecule has 8 nitrogen and oxygen atoms in total. The lowest BCUT2D eigenvalue weighted by atomic mass is 10.1. The highest BCUT2D eigenvalue weighted by Gasteiger charge is 2.32. The van der Waals surface area contributed by atoms with E-state index in [2.05, 4.69) is 10.1 Å². The monoisotopic (exact) mass is 401 g/mol. The van der Waals surface area contributed by atoms with Gasteiger partial charge in [0.15, 0.2) is 15.5 Å². The van der Waals surface area contributed by atoms with Gasteiger partial charge in [-0.2, -0.15) is 5.10 Å². The molecule has 0 unspecified atom stereocenters. The van der Waals surface area contributed by atoms with E-state index in [1.807, 2.05) is 6.07 Å². The Morgan fingerprint density at radius 2 is 2.11 bits per heavy atom. The van der Waals surface area contributed by atoms with E-state index in [-0.39, 0.29) is 23.1 Å². The van der Waals surface area contributed by atoms with Gasteiger partial charge < -0.3 is 9.84 Å². The number of sulfone groups is 1. The number of hydrogen-bond donors (Lipinski definition) is 1. The minimum absolute atomic E-state index is 0.0172. The Hall–Kier alpha value is -2.94. The number of methoxy groups -OCH3 is 1. The summed E-state index contributed by atoms with van der Waals surface area (Å²) in [6.45, 7) is 1.71. The van der Waals surface area contributed by atoms with E-state index < -0.39 is 15.8 Å². The molecule has 1 aromatic carbocycles. The second-order valence-electron chi connectivity index (χ2n) is 6.88. The van der Waals surface area contributed by atoms with Gasteiger partial charge in [0.25, 0.3) is 0 Å². The molecule has 3 heterocycles. The molecule has 0 radical (unpaired) electrons. The van der Waals surface area contributed by atoms with E-state index in [1.54, 1.807) is 36.9 Å². The topological polar surface area (TPSA) is 111 Å². The van der Waals surface area contributed by atoms with E-state index in [9.17, 15) is 18.3 Å². The molecule has 0 bridgehead atoms. The van der Waals surface area contributed by atoms with Crippen LogP contribution in [0.25, 0.3) is 22.3 Å². The van der Waals surface area contributed by atoms with Gasteiger partial charge in [0.1, 0.15) is 5.75 Å². The molecule has 146 valence electrons. The average molecular weight is 401 g/mol. The highest BCUT2D eigenvalue weighted by molar-refractivity contribution is 7.91. The summed E-state index contributed by atoms with van der Waals surface area (Å²) in [5.74, 6) is -0.378. The number of aromatic nitrogens is 3. The van der Waals surface area contributed by atoms with E-state index in [0.717, 1.165) is 0 Å². The van der Waals surface area contributed by atoms with E-state index >= 15 is 0 Å². The van der Waals surface area contributed by atoms with Gasteiger partial charge in [-0.25, -0.2) is 22.9 Å². The largest absolute Gasteiger partial charge is 0.497 e. The average Bonchev–Trinajstić information content (AvgIpc) is 3.20. The molecule has 0 amide bonds. The van der Waals surface area contributed by atoms with Crippen LogP contribution >= 0.6 is 0 Å². The summed E-state index contributed by atoms with van der Waals surface area (Å²) in [7, 11) is -1.57. The van der Waals surface area contributed by atoms with E-state index in [1.165, 1.54) is 6.07 Å². The van der Waals surface area contributed by atoms with Crippen LogP contribution in [0.5, 0.6) is 5.75 Å². The Morgan fingerprint density at radius 3 is 2.75 bits per heavy atom. The number of carboxylic acids is 1. The summed E-state index contributed by atoms with van der Waals surface area (Å²) in [5, 5.41) is 14.6. The lowest BCUT2D eigenvalue weighted by Crippen LogP contribution is -2.13. The summed E-state index contributed by atoms with van der Waals surface area (Å²) in [5.41, 5.74) is 2.16. The number of pyridine rings is 1. The van der Waals surface area contributed by atoms with Crippen molar-refractivity contribution in [3.05, 3.63) is 41.6 Å². The smallest absolute Gasteiger partial charge is 0.336 e. The fourth-order valence-corrected chi connectivity index (χ4v) is 5.33. The second kappa shape index (κ2) is 6.59. The molecule has 28 heavy (non-hydrogen) atoms. The predicted molar refractivity (Wildman–Crippen MR) is 104 cm³/mol. The fourth-order valence-electron chi connectivity index (χ4n) is 3.63. The molecule has 2 aromatic heterocycles. The number of ether oxygens (including phenoxy) is 1. The van der Waals surface area contributed by atoms with Crippen molar-refractivity contribution in [2.24, 2.45) is 0 Å². The van der Waals surface area contributed by atoms with Crippen molar-refractivity contribution in [3.63, 3.8) is 0 Å². The van der Waals surface area contributed by atoms with Gasteiger partial charge in [-0.15, -0.1) is 0 Å². The molecular formula is C19H19N3O5S. The lowest BCUT2D eigenvalue weighted by molar-refractivity contribution is 0.0699. The molecule has 1 N–H and O–H groups in total. The maximum atomic E-state index is 11.9. The van der Waals surface area contributed by atoms with Crippen molar-refractivity contribution < 1.29 is 23.1 Å². The summed E-state index contributed by atoms with van der Waals surface area (Å²) in [4.78, 5) is 16.6. The van der Waals surface area contributed by atoms with Crippen molar-refractivity contribution in [2.75, 3.05) is 18.6 Å². The third kappa shape index (κ3) is 3.11. The minimum atomic E-state index is -3.12. The number of aromatic carboxylic acids is 1. The third-order valence-corrected chi connectivity index (χ3v) is 6.74. The fraction of sp³-hybridized carbons (Fsp3) is 0.316. The predicted octanol–water partition coefficient (Wildman–Crippen LogP) is 2.47. The first-order valence-corrected chi connectivity index (χ1v) is 10.6. The Kier molecular flexibility index (Phi) is 4.34. The van der Waals surface area contributed by atoms with Gasteiger partial charge in [0.05, 0.1) is 47.0 Å². The Morgan fingerprint density at radius 1 is 1.32 bits per heavy atom. The normalized spacial score (nSPS) is 18.4. The standard InChI is InChI=1S/C19H19N3O5S/c1-11-17-15(19(23)24)9-16(12-4-3-5-14(8-12)27-2)20-18(17)22(21-11)13-6-7-28(25,26)10-13/h3-5,8-9,13H,6-7,10H2,1-2H3,(H,23,24)/t13-/m0/s1. The van der Waals surface area contributed by atoms with Crippen LogP contribution in [0.1, 0.15) is 28.5 Å². The van der Waals surface area contributed by atoms with Gasteiger partial charge in [-0.05, 0) is 31.5 Å². The molecular weight excluding hydrogens is 382 g/mol. The number of fused-ring (bicyclic) bond motifs is 1. The van der Waals surface area contributed by atoms with Crippen LogP contribution in [-0.4, -0.2) is 52.9 Å². The molecule has 1 saturated heterocycles. The van der Waals surface area contributed by atoms with Crippen molar-refractivity contribution in [3.8, 4) is 17.0 Å². The summed E-state index contributed by atoms with van der Waals surface area (Å²) in [6.07, 6.45) is 0.437. The maximum absolute atomic E-state index is 11.9. The van der Waals surface area contributed by atoms with Gasteiger partial charge in [-0.3, -0.25) is 0 Å². The summed E-state index contributed by atoms with van der Waals surface area (Å²) >= 11 is 0. The van der Waals surface area contributed by atoms with Crippen LogP contribution in [0, 0.1) is 6.92 Å². The summed E-state index contributed by atoms with van der Waals surface area (Å²) in [6, 6.07) is 8.34. The highest BCUT2D eigenvalue weighted by Crippen LogP contribution is 2.32. The molecule has 0 saturated carbocycles. The third-order valence-electron chi connectivity index (χ3n) is 4.99. The van der Waals surface area contributed by atoms with Crippen LogP contribution in [0.4, 0.5) is 0 Å². The molecule has 1 aliphatic heterocycles. The lowest BCUT2D eigenvalue weighted by Gasteiger charge is -2.11. The molecule has 3 aromatic rings. The molecule has 0 spiro atoms. The zero-order valence-corrected chi connectivity index (χ0v) is 16.2. The Bertz CT molecular complexity index is 1200. The highest BCUT2D eigenvalue weighted by atomic mass is 32.2. The molecule has 1 aliphatic rings. The van der Waals surface area contributed by atoms with E-state index in [0.29, 0.717) is 40.2 Å². The number of rotatable bonds is 4. The molecule has 0 aliphatic carbocycles. The number of hydrogen-bond acceptors (Lipinski definition) is 6. The summed E-state index contributed by atoms with van der Waals surface area (Å²) < 4.78 is 30.7. The van der Waals surface area contributed by atoms with E-state index in [4.69, 9.17) is 4.74 Å². The Balaban J connectivity index is 1.96. The van der Waals surface area contributed by atoms with Crippen LogP contribution in [-0.2, 0) is 9.84 Å². The van der Waals surface area contributed by atoms with Crippen LogP contribution < -0.4 is 4.74 Å². The van der Waals surface area contributed by atoms with Gasteiger partial charge in [0.2, 0.25) is 0 Å².